The van der Waals surface area contributed by atoms with Crippen LogP contribution >= 0.6 is 0 Å². The second-order valence-corrected chi connectivity index (χ2v) is 7.14. The van der Waals surface area contributed by atoms with Crippen LogP contribution in [0.25, 0.3) is 0 Å². The van der Waals surface area contributed by atoms with Gasteiger partial charge in [0.2, 0.25) is 6.79 Å². The number of para-hydroxylation sites is 1. The van der Waals surface area contributed by atoms with Gasteiger partial charge in [0.25, 0.3) is 5.91 Å². The molecule has 0 N–H and O–H groups in total. The Hall–Kier alpha value is -3.03. The van der Waals surface area contributed by atoms with Crippen LogP contribution in [0.5, 0.6) is 11.5 Å². The molecule has 1 saturated heterocycles. The Labute approximate surface area is 163 Å². The van der Waals surface area contributed by atoms with Gasteiger partial charge in [0.05, 0.1) is 5.69 Å². The van der Waals surface area contributed by atoms with Gasteiger partial charge < -0.3 is 19.1 Å². The fourth-order valence-corrected chi connectivity index (χ4v) is 3.67. The van der Waals surface area contributed by atoms with Gasteiger partial charge in [-0.2, -0.15) is 5.10 Å². The number of carbonyl (C=O) groups excluding carboxylic acids is 2. The third-order valence-corrected chi connectivity index (χ3v) is 5.32. The standard InChI is InChI=1S/C20H23N3O5/c1-12-15(13(2)22(3)21-12)10-23(20(25)17-7-8-18(24)28-17)9-14-5-4-6-16-19(14)27-11-26-16/h4-6,17H,7-11H2,1-3H3/t17-/m1/s1. The van der Waals surface area contributed by atoms with E-state index in [9.17, 15) is 9.59 Å². The van der Waals surface area contributed by atoms with Crippen LogP contribution in [-0.2, 0) is 34.5 Å². The van der Waals surface area contributed by atoms with Gasteiger partial charge in [-0.1, -0.05) is 12.1 Å². The number of esters is 1. The highest BCUT2D eigenvalue weighted by atomic mass is 16.7. The number of ether oxygens (including phenoxy) is 3. The average Bonchev–Trinajstić information content (AvgIpc) is 3.37. The van der Waals surface area contributed by atoms with E-state index in [2.05, 4.69) is 5.10 Å². The van der Waals surface area contributed by atoms with Crippen molar-refractivity contribution in [2.45, 2.75) is 45.9 Å². The zero-order valence-corrected chi connectivity index (χ0v) is 16.2. The predicted octanol–water partition coefficient (Wildman–Crippen LogP) is 2.00. The summed E-state index contributed by atoms with van der Waals surface area (Å²) in [6.45, 7) is 4.78. The van der Waals surface area contributed by atoms with Gasteiger partial charge in [-0.3, -0.25) is 14.3 Å². The highest BCUT2D eigenvalue weighted by molar-refractivity contribution is 5.86. The fraction of sp³-hybridized carbons (Fsp3) is 0.450. The number of nitrogens with zero attached hydrogens (tertiary/aromatic N) is 3. The van der Waals surface area contributed by atoms with Crippen molar-refractivity contribution in [3.63, 3.8) is 0 Å². The minimum atomic E-state index is -0.737. The molecule has 148 valence electrons. The molecule has 1 fully saturated rings. The summed E-state index contributed by atoms with van der Waals surface area (Å²) >= 11 is 0. The lowest BCUT2D eigenvalue weighted by Gasteiger charge is -2.26. The first kappa shape index (κ1) is 18.3. The van der Waals surface area contributed by atoms with Gasteiger partial charge in [-0.15, -0.1) is 0 Å². The molecule has 0 unspecified atom stereocenters. The number of benzene rings is 1. The van der Waals surface area contributed by atoms with Gasteiger partial charge in [-0.05, 0) is 19.9 Å². The zero-order valence-electron chi connectivity index (χ0n) is 16.2. The summed E-state index contributed by atoms with van der Waals surface area (Å²) in [5.41, 5.74) is 3.72. The molecule has 28 heavy (non-hydrogen) atoms. The SMILES string of the molecule is Cc1nn(C)c(C)c1CN(Cc1cccc2c1OCO2)C(=O)[C@H]1CCC(=O)O1. The quantitative estimate of drug-likeness (QED) is 0.732. The molecule has 2 aliphatic rings. The Morgan fingerprint density at radius 1 is 1.29 bits per heavy atom. The lowest BCUT2D eigenvalue weighted by Crippen LogP contribution is -2.38. The Morgan fingerprint density at radius 2 is 2.11 bits per heavy atom. The normalized spacial score (nSPS) is 17.7. The van der Waals surface area contributed by atoms with Crippen molar-refractivity contribution in [2.75, 3.05) is 6.79 Å². The molecule has 2 aromatic rings. The van der Waals surface area contributed by atoms with Crippen LogP contribution in [0.3, 0.4) is 0 Å². The summed E-state index contributed by atoms with van der Waals surface area (Å²) < 4.78 is 18.1. The molecule has 3 heterocycles. The lowest BCUT2D eigenvalue weighted by atomic mass is 10.1. The maximum absolute atomic E-state index is 13.2. The summed E-state index contributed by atoms with van der Waals surface area (Å²) in [5.74, 6) is 0.795. The summed E-state index contributed by atoms with van der Waals surface area (Å²) in [6, 6.07) is 5.63. The summed E-state index contributed by atoms with van der Waals surface area (Å²) in [6.07, 6.45) is -0.0582. The second-order valence-electron chi connectivity index (χ2n) is 7.14. The largest absolute Gasteiger partial charge is 0.454 e. The van der Waals surface area contributed by atoms with E-state index >= 15 is 0 Å². The van der Waals surface area contributed by atoms with E-state index in [0.29, 0.717) is 31.0 Å². The van der Waals surface area contributed by atoms with E-state index < -0.39 is 6.10 Å². The Balaban J connectivity index is 1.64. The van der Waals surface area contributed by atoms with Gasteiger partial charge in [0.15, 0.2) is 17.6 Å². The predicted molar refractivity (Wildman–Crippen MR) is 98.6 cm³/mol. The minimum absolute atomic E-state index is 0.168. The molecule has 8 heteroatoms. The van der Waals surface area contributed by atoms with E-state index in [-0.39, 0.29) is 25.1 Å². The number of hydrogen-bond acceptors (Lipinski definition) is 6. The number of carbonyl (C=O) groups is 2. The Bertz CT molecular complexity index is 936. The molecule has 0 radical (unpaired) electrons. The van der Waals surface area contributed by atoms with Crippen LogP contribution in [0.1, 0.15) is 35.4 Å². The van der Waals surface area contributed by atoms with Crippen molar-refractivity contribution in [1.29, 1.82) is 0 Å². The molecule has 0 bridgehead atoms. The number of hydrogen-bond donors (Lipinski definition) is 0. The molecule has 1 amide bonds. The topological polar surface area (TPSA) is 82.9 Å². The van der Waals surface area contributed by atoms with Gasteiger partial charge >= 0.3 is 5.97 Å². The maximum Gasteiger partial charge on any atom is 0.306 e. The first-order valence-electron chi connectivity index (χ1n) is 9.29. The molecule has 1 atom stereocenters. The molecule has 0 spiro atoms. The van der Waals surface area contributed by atoms with Gasteiger partial charge in [-0.25, -0.2) is 0 Å². The molecule has 8 nitrogen and oxygen atoms in total. The van der Waals surface area contributed by atoms with Crippen LogP contribution in [0.2, 0.25) is 0 Å². The van der Waals surface area contributed by atoms with Crippen molar-refractivity contribution in [1.82, 2.24) is 14.7 Å². The number of cyclic esters (lactones) is 1. The number of amides is 1. The highest BCUT2D eigenvalue weighted by Crippen LogP contribution is 2.36. The summed E-state index contributed by atoms with van der Waals surface area (Å²) in [4.78, 5) is 26.4. The van der Waals surface area contributed by atoms with E-state index in [1.807, 2.05) is 39.1 Å². The highest BCUT2D eigenvalue weighted by Gasteiger charge is 2.34. The molecule has 2 aliphatic heterocycles. The Kier molecular flexibility index (Phi) is 4.70. The first-order chi connectivity index (χ1) is 13.4. The van der Waals surface area contributed by atoms with Gasteiger partial charge in [0.1, 0.15) is 0 Å². The van der Waals surface area contributed by atoms with Crippen molar-refractivity contribution in [3.05, 3.63) is 40.7 Å². The van der Waals surface area contributed by atoms with Crippen molar-refractivity contribution in [3.8, 4) is 11.5 Å². The first-order valence-corrected chi connectivity index (χ1v) is 9.29. The second kappa shape index (κ2) is 7.18. The van der Waals surface area contributed by atoms with E-state index in [0.717, 1.165) is 22.5 Å². The zero-order chi connectivity index (χ0) is 19.8. The molecule has 1 aromatic heterocycles. The molecule has 0 aliphatic carbocycles. The number of aryl methyl sites for hydroxylation is 2. The third-order valence-electron chi connectivity index (χ3n) is 5.32. The molecule has 4 rings (SSSR count). The third kappa shape index (κ3) is 3.30. The minimum Gasteiger partial charge on any atom is -0.454 e. The smallest absolute Gasteiger partial charge is 0.306 e. The van der Waals surface area contributed by atoms with Crippen LogP contribution in [0, 0.1) is 13.8 Å². The van der Waals surface area contributed by atoms with Crippen LogP contribution < -0.4 is 9.47 Å². The van der Waals surface area contributed by atoms with E-state index in [1.165, 1.54) is 0 Å². The van der Waals surface area contributed by atoms with Crippen molar-refractivity contribution < 1.29 is 23.8 Å². The Morgan fingerprint density at radius 3 is 2.79 bits per heavy atom. The average molecular weight is 385 g/mol. The fourth-order valence-electron chi connectivity index (χ4n) is 3.67. The number of fused-ring (bicyclic) bond motifs is 1. The van der Waals surface area contributed by atoms with E-state index in [1.54, 1.807) is 9.58 Å². The monoisotopic (exact) mass is 385 g/mol. The lowest BCUT2D eigenvalue weighted by molar-refractivity contribution is -0.153. The van der Waals surface area contributed by atoms with Crippen molar-refractivity contribution in [2.24, 2.45) is 7.05 Å². The van der Waals surface area contributed by atoms with Crippen LogP contribution in [-0.4, -0.2) is 39.5 Å². The number of rotatable bonds is 5. The van der Waals surface area contributed by atoms with Crippen LogP contribution in [0.4, 0.5) is 0 Å². The van der Waals surface area contributed by atoms with Crippen LogP contribution in [0.15, 0.2) is 18.2 Å². The summed E-state index contributed by atoms with van der Waals surface area (Å²) in [5, 5.41) is 4.45. The molecular weight excluding hydrogens is 362 g/mol. The summed E-state index contributed by atoms with van der Waals surface area (Å²) in [7, 11) is 1.88. The molecule has 0 saturated carbocycles. The number of aromatic nitrogens is 2. The van der Waals surface area contributed by atoms with Crippen molar-refractivity contribution >= 4 is 11.9 Å². The molecular formula is C20H23N3O5. The maximum atomic E-state index is 13.2. The molecule has 1 aromatic carbocycles. The van der Waals surface area contributed by atoms with Gasteiger partial charge in [0, 0.05) is 49.8 Å². The van der Waals surface area contributed by atoms with E-state index in [4.69, 9.17) is 14.2 Å².